The van der Waals surface area contributed by atoms with E-state index in [0.29, 0.717) is 12.4 Å². The lowest BCUT2D eigenvalue weighted by Gasteiger charge is -2.06. The number of H-pyrrole nitrogens is 2. The molecule has 0 fully saturated rings. The highest BCUT2D eigenvalue weighted by molar-refractivity contribution is 5.98. The molecule has 0 aliphatic heterocycles. The van der Waals surface area contributed by atoms with Crippen LogP contribution in [0, 0.1) is 5.82 Å². The van der Waals surface area contributed by atoms with Crippen molar-refractivity contribution >= 4 is 10.9 Å². The second-order valence-corrected chi connectivity index (χ2v) is 8.31. The van der Waals surface area contributed by atoms with Gasteiger partial charge in [-0.25, -0.2) is 4.39 Å². The van der Waals surface area contributed by atoms with Crippen molar-refractivity contribution in [3.63, 3.8) is 0 Å². The Hall–Kier alpha value is -4.71. The van der Waals surface area contributed by atoms with E-state index in [1.807, 2.05) is 66.7 Å². The number of nitrogens with zero attached hydrogens (tertiary/aromatic N) is 2. The minimum Gasteiger partial charge on any atom is -0.487 e. The molecule has 0 aliphatic rings. The summed E-state index contributed by atoms with van der Waals surface area (Å²) >= 11 is 0. The normalized spacial score (nSPS) is 11.1. The van der Waals surface area contributed by atoms with E-state index in [4.69, 9.17) is 4.74 Å². The third-order valence-electron chi connectivity index (χ3n) is 5.93. The van der Waals surface area contributed by atoms with Crippen LogP contribution in [0.5, 0.6) is 5.75 Å². The molecular weight excluding hydrogens is 439 g/mol. The van der Waals surface area contributed by atoms with Crippen molar-refractivity contribution < 1.29 is 9.13 Å². The zero-order chi connectivity index (χ0) is 23.6. The third-order valence-corrected chi connectivity index (χ3v) is 5.93. The Bertz CT molecular complexity index is 1620. The maximum Gasteiger partial charge on any atom is 0.138 e. The van der Waals surface area contributed by atoms with Gasteiger partial charge in [-0.15, -0.1) is 0 Å². The highest BCUT2D eigenvalue weighted by Crippen LogP contribution is 2.33. The van der Waals surface area contributed by atoms with E-state index < -0.39 is 0 Å². The standard InChI is InChI=1S/C29H21FN4O/c30-22-9-4-8-20(12-22)24-10-5-11-26-25(24)14-28(32-26)29-15-27(33-34-29)21-13-23(17-31-16-21)35-18-19-6-2-1-3-7-19/h1-17,32H,18H2,(H,33,34). The largest absolute Gasteiger partial charge is 0.487 e. The van der Waals surface area contributed by atoms with Gasteiger partial charge in [0.2, 0.25) is 0 Å². The highest BCUT2D eigenvalue weighted by Gasteiger charge is 2.12. The quantitative estimate of drug-likeness (QED) is 0.281. The predicted molar refractivity (Wildman–Crippen MR) is 135 cm³/mol. The predicted octanol–water partition coefficient (Wildman–Crippen LogP) is 7.01. The summed E-state index contributed by atoms with van der Waals surface area (Å²) in [6, 6.07) is 28.6. The first-order valence-electron chi connectivity index (χ1n) is 11.3. The van der Waals surface area contributed by atoms with Crippen LogP contribution in [0.4, 0.5) is 4.39 Å². The van der Waals surface area contributed by atoms with Crippen LogP contribution in [0.15, 0.2) is 103 Å². The number of halogens is 1. The summed E-state index contributed by atoms with van der Waals surface area (Å²) in [5, 5.41) is 8.63. The van der Waals surface area contributed by atoms with Crippen LogP contribution in [0.1, 0.15) is 5.56 Å². The molecule has 0 amide bonds. The molecule has 3 heterocycles. The SMILES string of the molecule is Fc1cccc(-c2cccc3[nH]c(-c4cc(-c5cncc(OCc6ccccc6)c5)n[nH]4)cc23)c1. The minimum atomic E-state index is -0.253. The number of aromatic amines is 2. The molecule has 2 N–H and O–H groups in total. The van der Waals surface area contributed by atoms with E-state index in [2.05, 4.69) is 26.2 Å². The summed E-state index contributed by atoms with van der Waals surface area (Å²) in [7, 11) is 0. The number of pyridine rings is 1. The Morgan fingerprint density at radius 1 is 0.771 bits per heavy atom. The van der Waals surface area contributed by atoms with Gasteiger partial charge in [0, 0.05) is 22.7 Å². The van der Waals surface area contributed by atoms with Crippen molar-refractivity contribution in [3.8, 4) is 39.5 Å². The first kappa shape index (κ1) is 20.9. The average molecular weight is 461 g/mol. The second kappa shape index (κ2) is 8.91. The molecule has 6 heteroatoms. The molecule has 35 heavy (non-hydrogen) atoms. The summed E-state index contributed by atoms with van der Waals surface area (Å²) in [5.41, 5.74) is 7.23. The van der Waals surface area contributed by atoms with E-state index >= 15 is 0 Å². The first-order chi connectivity index (χ1) is 17.2. The third kappa shape index (κ3) is 4.29. The number of hydrogen-bond donors (Lipinski definition) is 2. The summed E-state index contributed by atoms with van der Waals surface area (Å²) in [6.45, 7) is 0.473. The molecule has 5 nitrogen and oxygen atoms in total. The lowest BCUT2D eigenvalue weighted by atomic mass is 10.0. The van der Waals surface area contributed by atoms with Crippen LogP contribution in [0.3, 0.4) is 0 Å². The van der Waals surface area contributed by atoms with Gasteiger partial charge in [-0.3, -0.25) is 10.1 Å². The van der Waals surface area contributed by atoms with Crippen molar-refractivity contribution in [3.05, 3.63) is 115 Å². The highest BCUT2D eigenvalue weighted by atomic mass is 19.1. The van der Waals surface area contributed by atoms with Crippen molar-refractivity contribution in [2.75, 3.05) is 0 Å². The van der Waals surface area contributed by atoms with Gasteiger partial charge in [0.15, 0.2) is 0 Å². The van der Waals surface area contributed by atoms with Gasteiger partial charge in [-0.1, -0.05) is 54.6 Å². The number of rotatable bonds is 6. The molecule has 0 unspecified atom stereocenters. The molecule has 0 bridgehead atoms. The van der Waals surface area contributed by atoms with Gasteiger partial charge >= 0.3 is 0 Å². The number of aromatic nitrogens is 4. The fourth-order valence-corrected chi connectivity index (χ4v) is 4.19. The van der Waals surface area contributed by atoms with Gasteiger partial charge in [0.05, 0.1) is 23.3 Å². The lowest BCUT2D eigenvalue weighted by molar-refractivity contribution is 0.305. The number of fused-ring (bicyclic) bond motifs is 1. The Kier molecular flexibility index (Phi) is 5.31. The van der Waals surface area contributed by atoms with Gasteiger partial charge in [0.25, 0.3) is 0 Å². The molecule has 0 atom stereocenters. The summed E-state index contributed by atoms with van der Waals surface area (Å²) < 4.78 is 19.7. The maximum absolute atomic E-state index is 13.8. The fraction of sp³-hybridized carbons (Fsp3) is 0.0345. The summed E-state index contributed by atoms with van der Waals surface area (Å²) in [4.78, 5) is 7.77. The van der Waals surface area contributed by atoms with Crippen LogP contribution in [-0.2, 0) is 6.61 Å². The van der Waals surface area contributed by atoms with E-state index in [0.717, 1.165) is 50.2 Å². The average Bonchev–Trinajstić information content (AvgIpc) is 3.56. The second-order valence-electron chi connectivity index (χ2n) is 8.31. The fourth-order valence-electron chi connectivity index (χ4n) is 4.19. The van der Waals surface area contributed by atoms with Crippen LogP contribution in [0.2, 0.25) is 0 Å². The maximum atomic E-state index is 13.8. The Labute approximate surface area is 201 Å². The minimum absolute atomic E-state index is 0.253. The molecule has 6 aromatic rings. The Balaban J connectivity index is 1.28. The van der Waals surface area contributed by atoms with Crippen molar-refractivity contribution in [2.45, 2.75) is 6.61 Å². The van der Waals surface area contributed by atoms with Gasteiger partial charge < -0.3 is 9.72 Å². The van der Waals surface area contributed by atoms with Crippen molar-refractivity contribution in [1.29, 1.82) is 0 Å². The van der Waals surface area contributed by atoms with Gasteiger partial charge in [0.1, 0.15) is 18.2 Å². The zero-order valence-corrected chi connectivity index (χ0v) is 18.7. The molecule has 0 saturated heterocycles. The van der Waals surface area contributed by atoms with Crippen molar-refractivity contribution in [1.82, 2.24) is 20.2 Å². The lowest BCUT2D eigenvalue weighted by Crippen LogP contribution is -1.95. The summed E-state index contributed by atoms with van der Waals surface area (Å²) in [6.07, 6.45) is 3.47. The Morgan fingerprint density at radius 2 is 1.66 bits per heavy atom. The van der Waals surface area contributed by atoms with E-state index in [1.54, 1.807) is 24.5 Å². The first-order valence-corrected chi connectivity index (χ1v) is 11.3. The smallest absolute Gasteiger partial charge is 0.138 e. The monoisotopic (exact) mass is 460 g/mol. The van der Waals surface area contributed by atoms with Crippen LogP contribution >= 0.6 is 0 Å². The molecule has 170 valence electrons. The van der Waals surface area contributed by atoms with Crippen LogP contribution in [0.25, 0.3) is 44.7 Å². The molecule has 0 saturated carbocycles. The van der Waals surface area contributed by atoms with Crippen LogP contribution in [-0.4, -0.2) is 20.2 Å². The van der Waals surface area contributed by atoms with Gasteiger partial charge in [-0.05, 0) is 53.1 Å². The number of nitrogens with one attached hydrogen (secondary N) is 2. The molecule has 0 aliphatic carbocycles. The molecule has 3 aromatic heterocycles. The van der Waals surface area contributed by atoms with E-state index in [9.17, 15) is 4.39 Å². The van der Waals surface area contributed by atoms with E-state index in [-0.39, 0.29) is 5.82 Å². The Morgan fingerprint density at radius 3 is 2.54 bits per heavy atom. The van der Waals surface area contributed by atoms with Crippen molar-refractivity contribution in [2.24, 2.45) is 0 Å². The number of hydrogen-bond acceptors (Lipinski definition) is 3. The van der Waals surface area contributed by atoms with E-state index in [1.165, 1.54) is 6.07 Å². The molecule has 0 spiro atoms. The topological polar surface area (TPSA) is 66.6 Å². The number of ether oxygens (including phenoxy) is 1. The summed E-state index contributed by atoms with van der Waals surface area (Å²) in [5.74, 6) is 0.429. The number of benzene rings is 3. The molecular formula is C29H21FN4O. The zero-order valence-electron chi connectivity index (χ0n) is 18.7. The van der Waals surface area contributed by atoms with Crippen LogP contribution < -0.4 is 4.74 Å². The molecule has 0 radical (unpaired) electrons. The molecule has 3 aromatic carbocycles. The van der Waals surface area contributed by atoms with Gasteiger partial charge in [-0.2, -0.15) is 5.10 Å². The molecule has 6 rings (SSSR count).